The number of benzene rings is 1. The van der Waals surface area contributed by atoms with Crippen LogP contribution in [0.1, 0.15) is 20.3 Å². The van der Waals surface area contributed by atoms with Crippen molar-refractivity contribution >= 4 is 16.7 Å². The Morgan fingerprint density at radius 1 is 1.44 bits per heavy atom. The van der Waals surface area contributed by atoms with E-state index in [4.69, 9.17) is 19.5 Å². The number of carbonyl (C=O) groups excluding carboxylic acids is 1. The molecule has 27 heavy (non-hydrogen) atoms. The number of pyridine rings is 1. The minimum Gasteiger partial charge on any atom is -0.491 e. The number of aromatic nitrogens is 1. The molecule has 0 saturated carbocycles. The zero-order valence-corrected chi connectivity index (χ0v) is 15.6. The Balaban J connectivity index is 1.69. The van der Waals surface area contributed by atoms with E-state index in [1.54, 1.807) is 11.1 Å². The van der Waals surface area contributed by atoms with Crippen molar-refractivity contribution < 1.29 is 19.0 Å². The fourth-order valence-electron chi connectivity index (χ4n) is 2.98. The average molecular weight is 369 g/mol. The van der Waals surface area contributed by atoms with E-state index < -0.39 is 0 Å². The van der Waals surface area contributed by atoms with Crippen LogP contribution in [0.15, 0.2) is 30.5 Å². The summed E-state index contributed by atoms with van der Waals surface area (Å²) in [5, 5.41) is 10.6. The van der Waals surface area contributed by atoms with E-state index in [1.807, 2.05) is 44.2 Å². The van der Waals surface area contributed by atoms with E-state index in [-0.39, 0.29) is 31.1 Å². The summed E-state index contributed by atoms with van der Waals surface area (Å²) in [6, 6.07) is 9.63. The van der Waals surface area contributed by atoms with Gasteiger partial charge in [-0.1, -0.05) is 6.07 Å². The molecule has 0 aliphatic carbocycles. The summed E-state index contributed by atoms with van der Waals surface area (Å²) in [5.74, 6) is 1.09. The number of hydrogen-bond acceptors (Lipinski definition) is 6. The van der Waals surface area contributed by atoms with Crippen LogP contribution in [0.5, 0.6) is 11.6 Å². The smallest absolute Gasteiger partial charge is 0.236 e. The van der Waals surface area contributed by atoms with Crippen molar-refractivity contribution in [2.45, 2.75) is 32.5 Å². The van der Waals surface area contributed by atoms with Crippen molar-refractivity contribution in [1.29, 1.82) is 5.26 Å². The predicted octanol–water partition coefficient (Wildman–Crippen LogP) is 2.54. The third kappa shape index (κ3) is 4.86. The van der Waals surface area contributed by atoms with Gasteiger partial charge in [0.25, 0.3) is 0 Å². The summed E-state index contributed by atoms with van der Waals surface area (Å²) in [7, 11) is 0. The van der Waals surface area contributed by atoms with Crippen molar-refractivity contribution in [2.24, 2.45) is 0 Å². The quantitative estimate of drug-likeness (QED) is 0.778. The first-order chi connectivity index (χ1) is 13.1. The molecule has 1 fully saturated rings. The van der Waals surface area contributed by atoms with Crippen LogP contribution < -0.4 is 9.47 Å². The van der Waals surface area contributed by atoms with Crippen molar-refractivity contribution in [3.63, 3.8) is 0 Å². The lowest BCUT2D eigenvalue weighted by atomic mass is 10.1. The van der Waals surface area contributed by atoms with Gasteiger partial charge < -0.3 is 19.1 Å². The molecule has 1 atom stereocenters. The molecule has 0 radical (unpaired) electrons. The van der Waals surface area contributed by atoms with E-state index in [2.05, 4.69) is 4.98 Å². The lowest BCUT2D eigenvalue weighted by Gasteiger charge is -2.32. The Bertz CT molecular complexity index is 847. The number of amides is 1. The van der Waals surface area contributed by atoms with Crippen LogP contribution in [0.3, 0.4) is 0 Å². The minimum absolute atomic E-state index is 0.0797. The van der Waals surface area contributed by atoms with Gasteiger partial charge in [-0.2, -0.15) is 5.26 Å². The number of ether oxygens (including phenoxy) is 3. The van der Waals surface area contributed by atoms with E-state index in [1.165, 1.54) is 0 Å². The van der Waals surface area contributed by atoms with Crippen LogP contribution in [-0.2, 0) is 9.53 Å². The van der Waals surface area contributed by atoms with Gasteiger partial charge in [-0.25, -0.2) is 4.98 Å². The number of carbonyl (C=O) groups is 1. The molecule has 7 heteroatoms. The Hall–Kier alpha value is -2.85. The number of fused-ring (bicyclic) bond motifs is 1. The first-order valence-corrected chi connectivity index (χ1v) is 9.01. The molecule has 0 bridgehead atoms. The third-order valence-corrected chi connectivity index (χ3v) is 4.20. The predicted molar refractivity (Wildman–Crippen MR) is 99.6 cm³/mol. The molecular weight excluding hydrogens is 346 g/mol. The van der Waals surface area contributed by atoms with Gasteiger partial charge in [0, 0.05) is 18.1 Å². The largest absolute Gasteiger partial charge is 0.491 e. The van der Waals surface area contributed by atoms with Crippen LogP contribution in [0.25, 0.3) is 10.8 Å². The maximum atomic E-state index is 11.9. The second-order valence-electron chi connectivity index (χ2n) is 6.64. The van der Waals surface area contributed by atoms with E-state index in [0.717, 1.165) is 16.5 Å². The molecule has 0 spiro atoms. The van der Waals surface area contributed by atoms with Gasteiger partial charge in [-0.05, 0) is 37.4 Å². The maximum Gasteiger partial charge on any atom is 0.236 e. The molecule has 0 unspecified atom stereocenters. The molecule has 1 aliphatic rings. The molecule has 3 rings (SSSR count). The second-order valence-corrected chi connectivity index (χ2v) is 6.64. The van der Waals surface area contributed by atoms with Gasteiger partial charge >= 0.3 is 0 Å². The topological polar surface area (TPSA) is 84.7 Å². The molecule has 1 aromatic heterocycles. The molecule has 1 aliphatic heterocycles. The first kappa shape index (κ1) is 18.9. The van der Waals surface area contributed by atoms with Crippen LogP contribution in [0.4, 0.5) is 0 Å². The fraction of sp³-hybridized carbons (Fsp3) is 0.450. The number of rotatable bonds is 6. The molecule has 2 aromatic rings. The van der Waals surface area contributed by atoms with Gasteiger partial charge in [-0.3, -0.25) is 4.79 Å². The fourth-order valence-corrected chi connectivity index (χ4v) is 2.98. The number of morpholine rings is 1. The summed E-state index contributed by atoms with van der Waals surface area (Å²) in [6.45, 7) is 5.57. The van der Waals surface area contributed by atoms with Crippen molar-refractivity contribution in [3.8, 4) is 17.7 Å². The van der Waals surface area contributed by atoms with Crippen molar-refractivity contribution in [2.75, 3.05) is 26.3 Å². The highest BCUT2D eigenvalue weighted by atomic mass is 16.5. The highest BCUT2D eigenvalue weighted by Crippen LogP contribution is 2.28. The minimum atomic E-state index is -0.256. The average Bonchev–Trinajstić information content (AvgIpc) is 2.66. The summed E-state index contributed by atoms with van der Waals surface area (Å²) >= 11 is 0. The zero-order chi connectivity index (χ0) is 19.2. The normalized spacial score (nSPS) is 17.0. The van der Waals surface area contributed by atoms with Crippen LogP contribution in [0.2, 0.25) is 0 Å². The SMILES string of the molecule is CC(C)Oc1ccc2ccnc(OC[C@@H]3CN(C(=O)CC#N)CCO3)c2c1. The first-order valence-electron chi connectivity index (χ1n) is 9.01. The standard InChI is InChI=1S/C20H23N3O4/c1-14(2)27-16-4-3-15-6-8-22-20(18(15)11-16)26-13-17-12-23(9-10-25-17)19(24)5-7-21/h3-4,6,8,11,14,17H,5,9-10,12-13H2,1-2H3/t17-/m0/s1. The van der Waals surface area contributed by atoms with Gasteiger partial charge in [0.1, 0.15) is 24.9 Å². The van der Waals surface area contributed by atoms with Crippen molar-refractivity contribution in [1.82, 2.24) is 9.88 Å². The van der Waals surface area contributed by atoms with E-state index in [0.29, 0.717) is 25.6 Å². The van der Waals surface area contributed by atoms with Crippen LogP contribution in [0, 0.1) is 11.3 Å². The molecule has 1 aromatic carbocycles. The molecule has 7 nitrogen and oxygen atoms in total. The van der Waals surface area contributed by atoms with E-state index >= 15 is 0 Å². The third-order valence-electron chi connectivity index (χ3n) is 4.20. The van der Waals surface area contributed by atoms with Crippen molar-refractivity contribution in [3.05, 3.63) is 30.5 Å². The molecular formula is C20H23N3O4. The Morgan fingerprint density at radius 3 is 3.07 bits per heavy atom. The monoisotopic (exact) mass is 369 g/mol. The van der Waals surface area contributed by atoms with Gasteiger partial charge in [0.05, 0.1) is 25.3 Å². The van der Waals surface area contributed by atoms with Crippen LogP contribution in [-0.4, -0.2) is 54.3 Å². The van der Waals surface area contributed by atoms with Gasteiger partial charge in [0.15, 0.2) is 0 Å². The Morgan fingerprint density at radius 2 is 2.30 bits per heavy atom. The molecule has 2 heterocycles. The maximum absolute atomic E-state index is 11.9. The van der Waals surface area contributed by atoms with Crippen LogP contribution >= 0.6 is 0 Å². The highest BCUT2D eigenvalue weighted by molar-refractivity contribution is 5.88. The molecule has 1 amide bonds. The number of nitrogens with zero attached hydrogens (tertiary/aromatic N) is 3. The Kier molecular flexibility index (Phi) is 6.09. The van der Waals surface area contributed by atoms with E-state index in [9.17, 15) is 4.79 Å². The summed E-state index contributed by atoms with van der Waals surface area (Å²) < 4.78 is 17.4. The second kappa shape index (κ2) is 8.69. The lowest BCUT2D eigenvalue weighted by Crippen LogP contribution is -2.47. The molecule has 142 valence electrons. The van der Waals surface area contributed by atoms with Gasteiger partial charge in [0.2, 0.25) is 11.8 Å². The lowest BCUT2D eigenvalue weighted by molar-refractivity contribution is -0.138. The van der Waals surface area contributed by atoms with Gasteiger partial charge in [-0.15, -0.1) is 0 Å². The molecule has 1 saturated heterocycles. The zero-order valence-electron chi connectivity index (χ0n) is 15.6. The highest BCUT2D eigenvalue weighted by Gasteiger charge is 2.24. The number of hydrogen-bond donors (Lipinski definition) is 0. The summed E-state index contributed by atoms with van der Waals surface area (Å²) in [4.78, 5) is 17.9. The summed E-state index contributed by atoms with van der Waals surface area (Å²) in [5.41, 5.74) is 0. The Labute approximate surface area is 158 Å². The molecule has 0 N–H and O–H groups in total. The number of nitriles is 1. The summed E-state index contributed by atoms with van der Waals surface area (Å²) in [6.07, 6.45) is 1.41.